The molecule has 6 nitrogen and oxygen atoms in total. The summed E-state index contributed by atoms with van der Waals surface area (Å²) >= 11 is 0. The van der Waals surface area contributed by atoms with Gasteiger partial charge in [-0.25, -0.2) is 4.79 Å². The van der Waals surface area contributed by atoms with Gasteiger partial charge in [0.25, 0.3) is 0 Å². The number of hydrogen-bond acceptors (Lipinski definition) is 3. The van der Waals surface area contributed by atoms with Gasteiger partial charge in [0.05, 0.1) is 12.5 Å². The van der Waals surface area contributed by atoms with E-state index in [0.717, 1.165) is 25.0 Å². The number of hydrogen-bond donors (Lipinski definition) is 1. The first kappa shape index (κ1) is 18.3. The molecule has 0 radical (unpaired) electrons. The molecule has 1 atom stereocenters. The second-order valence-corrected chi connectivity index (χ2v) is 6.23. The fraction of sp³-hybridized carbons (Fsp3) is 0.556. The maximum atomic E-state index is 12.6. The number of likely N-dealkylation sites (N-methyl/N-ethyl adjacent to an activating group) is 2. The van der Waals surface area contributed by atoms with Gasteiger partial charge in [0.15, 0.2) is 0 Å². The summed E-state index contributed by atoms with van der Waals surface area (Å²) in [5, 5.41) is 2.94. The van der Waals surface area contributed by atoms with E-state index in [1.54, 1.807) is 23.9 Å². The van der Waals surface area contributed by atoms with Gasteiger partial charge >= 0.3 is 6.03 Å². The first-order valence-electron chi connectivity index (χ1n) is 8.46. The Bertz CT molecular complexity index is 568. The van der Waals surface area contributed by atoms with E-state index >= 15 is 0 Å². The number of rotatable bonds is 6. The number of nitrogens with zero attached hydrogens (tertiary/aromatic N) is 2. The Morgan fingerprint density at radius 1 is 1.29 bits per heavy atom. The third-order valence-corrected chi connectivity index (χ3v) is 4.22. The Labute approximate surface area is 143 Å². The predicted molar refractivity (Wildman–Crippen MR) is 94.1 cm³/mol. The van der Waals surface area contributed by atoms with Gasteiger partial charge < -0.3 is 19.9 Å². The lowest BCUT2D eigenvalue weighted by Crippen LogP contribution is -2.40. The van der Waals surface area contributed by atoms with Crippen LogP contribution in [0.1, 0.15) is 25.3 Å². The van der Waals surface area contributed by atoms with Crippen LogP contribution < -0.4 is 5.32 Å². The van der Waals surface area contributed by atoms with Gasteiger partial charge in [0.2, 0.25) is 5.91 Å². The van der Waals surface area contributed by atoms with Crippen LogP contribution in [0.15, 0.2) is 24.3 Å². The van der Waals surface area contributed by atoms with Crippen LogP contribution in [0.2, 0.25) is 0 Å². The minimum atomic E-state index is -0.155. The summed E-state index contributed by atoms with van der Waals surface area (Å²) in [5.41, 5.74) is 1.50. The van der Waals surface area contributed by atoms with Gasteiger partial charge in [-0.15, -0.1) is 0 Å². The van der Waals surface area contributed by atoms with Gasteiger partial charge in [-0.3, -0.25) is 4.79 Å². The first-order chi connectivity index (χ1) is 11.5. The Kier molecular flexibility index (Phi) is 6.61. The van der Waals surface area contributed by atoms with Crippen LogP contribution in [0.5, 0.6) is 0 Å². The smallest absolute Gasteiger partial charge is 0.321 e. The van der Waals surface area contributed by atoms with Crippen LogP contribution >= 0.6 is 0 Å². The highest BCUT2D eigenvalue weighted by Crippen LogP contribution is 2.18. The van der Waals surface area contributed by atoms with E-state index < -0.39 is 0 Å². The summed E-state index contributed by atoms with van der Waals surface area (Å²) in [7, 11) is 3.45. The lowest BCUT2D eigenvalue weighted by atomic mass is 10.1. The number of benzene rings is 1. The predicted octanol–water partition coefficient (Wildman–Crippen LogP) is 2.35. The molecule has 0 saturated carbocycles. The SMILES string of the molecule is CCN(C[C@H]1CCCO1)C(=O)Nc1ccccc1CC(=O)N(C)C. The molecular formula is C18H27N3O3. The largest absolute Gasteiger partial charge is 0.376 e. The summed E-state index contributed by atoms with van der Waals surface area (Å²) in [6.45, 7) is 3.95. The average molecular weight is 333 g/mol. The van der Waals surface area contributed by atoms with Gasteiger partial charge in [-0.1, -0.05) is 18.2 Å². The van der Waals surface area contributed by atoms with Crippen LogP contribution in [0, 0.1) is 0 Å². The minimum Gasteiger partial charge on any atom is -0.376 e. The highest BCUT2D eigenvalue weighted by Gasteiger charge is 2.22. The van der Waals surface area contributed by atoms with Crippen molar-refractivity contribution in [1.82, 2.24) is 9.80 Å². The number of para-hydroxylation sites is 1. The number of anilines is 1. The molecule has 132 valence electrons. The summed E-state index contributed by atoms with van der Waals surface area (Å²) in [5.74, 6) is 0.00315. The molecule has 24 heavy (non-hydrogen) atoms. The molecule has 1 fully saturated rings. The van der Waals surface area contributed by atoms with Gasteiger partial charge in [-0.2, -0.15) is 0 Å². The lowest BCUT2D eigenvalue weighted by molar-refractivity contribution is -0.127. The van der Waals surface area contributed by atoms with Crippen molar-refractivity contribution in [1.29, 1.82) is 0 Å². The van der Waals surface area contributed by atoms with Crippen LogP contribution in [0.25, 0.3) is 0 Å². The number of carbonyl (C=O) groups excluding carboxylic acids is 2. The lowest BCUT2D eigenvalue weighted by Gasteiger charge is -2.25. The van der Waals surface area contributed by atoms with Gasteiger partial charge in [0.1, 0.15) is 0 Å². The zero-order valence-electron chi connectivity index (χ0n) is 14.7. The second-order valence-electron chi connectivity index (χ2n) is 6.23. The van der Waals surface area contributed by atoms with Crippen molar-refractivity contribution >= 4 is 17.6 Å². The molecule has 1 saturated heterocycles. The van der Waals surface area contributed by atoms with Crippen LogP contribution in [0.3, 0.4) is 0 Å². The molecule has 2 rings (SSSR count). The summed E-state index contributed by atoms with van der Waals surface area (Å²) in [6.07, 6.45) is 2.44. The highest BCUT2D eigenvalue weighted by molar-refractivity contribution is 5.91. The van der Waals surface area contributed by atoms with Crippen molar-refractivity contribution in [2.24, 2.45) is 0 Å². The van der Waals surface area contributed by atoms with Crippen molar-refractivity contribution in [3.05, 3.63) is 29.8 Å². The molecule has 1 N–H and O–H groups in total. The van der Waals surface area contributed by atoms with Crippen molar-refractivity contribution in [2.45, 2.75) is 32.3 Å². The third-order valence-electron chi connectivity index (χ3n) is 4.22. The van der Waals surface area contributed by atoms with E-state index in [9.17, 15) is 9.59 Å². The Morgan fingerprint density at radius 3 is 2.67 bits per heavy atom. The first-order valence-corrected chi connectivity index (χ1v) is 8.46. The maximum absolute atomic E-state index is 12.6. The normalized spacial score (nSPS) is 16.7. The fourth-order valence-electron chi connectivity index (χ4n) is 2.70. The summed E-state index contributed by atoms with van der Waals surface area (Å²) in [6, 6.07) is 7.27. The third kappa shape index (κ3) is 4.96. The van der Waals surface area contributed by atoms with E-state index in [-0.39, 0.29) is 24.5 Å². The number of carbonyl (C=O) groups is 2. The van der Waals surface area contributed by atoms with Crippen LogP contribution in [-0.2, 0) is 16.0 Å². The molecule has 3 amide bonds. The molecule has 0 spiro atoms. The Hall–Kier alpha value is -2.08. The molecule has 6 heteroatoms. The summed E-state index contributed by atoms with van der Waals surface area (Å²) in [4.78, 5) is 27.8. The van der Waals surface area contributed by atoms with Crippen molar-refractivity contribution in [3.63, 3.8) is 0 Å². The second kappa shape index (κ2) is 8.68. The maximum Gasteiger partial charge on any atom is 0.321 e. The number of urea groups is 1. The molecular weight excluding hydrogens is 306 g/mol. The molecule has 1 aromatic carbocycles. The highest BCUT2D eigenvalue weighted by atomic mass is 16.5. The van der Waals surface area contributed by atoms with Gasteiger partial charge in [-0.05, 0) is 31.4 Å². The molecule has 0 aromatic heterocycles. The fourth-order valence-corrected chi connectivity index (χ4v) is 2.70. The van der Waals surface area contributed by atoms with Crippen LogP contribution in [0.4, 0.5) is 10.5 Å². The quantitative estimate of drug-likeness (QED) is 0.869. The van der Waals surface area contributed by atoms with E-state index in [1.807, 2.05) is 31.2 Å². The molecule has 1 heterocycles. The Balaban J connectivity index is 2.02. The molecule has 0 unspecified atom stereocenters. The topological polar surface area (TPSA) is 61.9 Å². The standard InChI is InChI=1S/C18H27N3O3/c1-4-21(13-15-9-7-11-24-15)18(23)19-16-10-6-5-8-14(16)12-17(22)20(2)3/h5-6,8,10,15H,4,7,9,11-13H2,1-3H3,(H,19,23)/t15-/m1/s1. The van der Waals surface area contributed by atoms with E-state index in [2.05, 4.69) is 5.32 Å². The zero-order valence-corrected chi connectivity index (χ0v) is 14.7. The molecule has 1 aromatic rings. The van der Waals surface area contributed by atoms with Crippen molar-refractivity contribution < 1.29 is 14.3 Å². The zero-order chi connectivity index (χ0) is 17.5. The van der Waals surface area contributed by atoms with E-state index in [0.29, 0.717) is 18.8 Å². The van der Waals surface area contributed by atoms with Crippen molar-refractivity contribution in [3.8, 4) is 0 Å². The van der Waals surface area contributed by atoms with Crippen molar-refractivity contribution in [2.75, 3.05) is 39.1 Å². The number of nitrogens with one attached hydrogen (secondary N) is 1. The number of ether oxygens (including phenoxy) is 1. The molecule has 1 aliphatic rings. The van der Waals surface area contributed by atoms with Gasteiger partial charge in [0, 0.05) is 39.5 Å². The van der Waals surface area contributed by atoms with Crippen LogP contribution in [-0.4, -0.2) is 61.6 Å². The molecule has 1 aliphatic heterocycles. The van der Waals surface area contributed by atoms with E-state index in [4.69, 9.17) is 4.74 Å². The summed E-state index contributed by atoms with van der Waals surface area (Å²) < 4.78 is 5.62. The molecule has 0 aliphatic carbocycles. The number of amides is 3. The van der Waals surface area contributed by atoms with E-state index in [1.165, 1.54) is 0 Å². The monoisotopic (exact) mass is 333 g/mol. The Morgan fingerprint density at radius 2 is 2.04 bits per heavy atom. The molecule has 0 bridgehead atoms. The minimum absolute atomic E-state index is 0.00315. The average Bonchev–Trinajstić information content (AvgIpc) is 3.07.